The van der Waals surface area contributed by atoms with Gasteiger partial charge in [0.05, 0.1) is 5.56 Å². The van der Waals surface area contributed by atoms with E-state index in [4.69, 9.17) is 4.74 Å². The van der Waals surface area contributed by atoms with Gasteiger partial charge in [0, 0.05) is 6.54 Å². The van der Waals surface area contributed by atoms with Gasteiger partial charge < -0.3 is 15.4 Å². The molecule has 0 saturated carbocycles. The van der Waals surface area contributed by atoms with Crippen LogP contribution < -0.4 is 10.6 Å². The molecule has 1 rings (SSSR count). The second kappa shape index (κ2) is 8.42. The number of carbonyl (C=O) groups excluding carboxylic acids is 2. The maximum Gasteiger partial charge on any atom is 0.416 e. The predicted molar refractivity (Wildman–Crippen MR) is 91.3 cm³/mol. The quantitative estimate of drug-likeness (QED) is 0.822. The Kier molecular flexibility index (Phi) is 7.06. The van der Waals surface area contributed by atoms with Gasteiger partial charge in [-0.15, -0.1) is 0 Å². The highest BCUT2D eigenvalue weighted by Crippen LogP contribution is 2.29. The molecule has 2 amide bonds. The van der Waals surface area contributed by atoms with Crippen molar-refractivity contribution in [3.05, 3.63) is 35.4 Å². The van der Waals surface area contributed by atoms with E-state index in [1.54, 1.807) is 34.6 Å². The molecule has 5 nitrogen and oxygen atoms in total. The summed E-state index contributed by atoms with van der Waals surface area (Å²) in [6.07, 6.45) is -5.18. The third-order valence-corrected chi connectivity index (χ3v) is 3.34. The molecule has 1 aromatic rings. The zero-order valence-corrected chi connectivity index (χ0v) is 15.5. The summed E-state index contributed by atoms with van der Waals surface area (Å²) >= 11 is 0. The van der Waals surface area contributed by atoms with E-state index in [0.29, 0.717) is 5.56 Å². The molecule has 26 heavy (non-hydrogen) atoms. The fourth-order valence-corrected chi connectivity index (χ4v) is 2.13. The number of ether oxygens (including phenoxy) is 1. The molecule has 0 bridgehead atoms. The normalized spacial score (nSPS) is 13.3. The van der Waals surface area contributed by atoms with Crippen molar-refractivity contribution in [1.82, 2.24) is 10.6 Å². The molecule has 0 aliphatic rings. The highest BCUT2D eigenvalue weighted by molar-refractivity contribution is 5.85. The summed E-state index contributed by atoms with van der Waals surface area (Å²) in [7, 11) is 0. The minimum atomic E-state index is -4.45. The Labute approximate surface area is 151 Å². The Morgan fingerprint density at radius 2 is 1.77 bits per heavy atom. The van der Waals surface area contributed by atoms with Gasteiger partial charge in [-0.05, 0) is 44.4 Å². The standard InChI is InChI=1S/C18H25F3N2O3/c1-11(2)14(23-16(25)26-17(3,4)5)15(24)22-10-12-7-6-8-13(9-12)18(19,20)21/h6-9,11,14H,10H2,1-5H3,(H,22,24)(H,23,25). The van der Waals surface area contributed by atoms with Gasteiger partial charge in [-0.1, -0.05) is 26.0 Å². The maximum atomic E-state index is 12.7. The van der Waals surface area contributed by atoms with Crippen LogP contribution in [0.3, 0.4) is 0 Å². The Balaban J connectivity index is 2.73. The summed E-state index contributed by atoms with van der Waals surface area (Å²) in [4.78, 5) is 24.2. The van der Waals surface area contributed by atoms with E-state index >= 15 is 0 Å². The Morgan fingerprint density at radius 1 is 1.15 bits per heavy atom. The molecule has 0 radical (unpaired) electrons. The second-order valence-electron chi connectivity index (χ2n) is 7.28. The lowest BCUT2D eigenvalue weighted by molar-refractivity contribution is -0.137. The number of amides is 2. The minimum Gasteiger partial charge on any atom is -0.444 e. The van der Waals surface area contributed by atoms with E-state index in [1.807, 2.05) is 0 Å². The van der Waals surface area contributed by atoms with Gasteiger partial charge in [-0.3, -0.25) is 4.79 Å². The van der Waals surface area contributed by atoms with Crippen LogP contribution in [0.1, 0.15) is 45.7 Å². The number of rotatable bonds is 5. The Hall–Kier alpha value is -2.25. The maximum absolute atomic E-state index is 12.7. The molecule has 1 unspecified atom stereocenters. The van der Waals surface area contributed by atoms with Crippen LogP contribution in [0.2, 0.25) is 0 Å². The molecule has 0 fully saturated rings. The molecule has 0 aliphatic heterocycles. The number of nitrogens with one attached hydrogen (secondary N) is 2. The molecule has 0 spiro atoms. The van der Waals surface area contributed by atoms with Gasteiger partial charge in [0.25, 0.3) is 0 Å². The van der Waals surface area contributed by atoms with Gasteiger partial charge in [-0.25, -0.2) is 4.79 Å². The topological polar surface area (TPSA) is 67.4 Å². The molecule has 146 valence electrons. The van der Waals surface area contributed by atoms with Crippen molar-refractivity contribution in [2.75, 3.05) is 0 Å². The van der Waals surface area contributed by atoms with E-state index in [9.17, 15) is 22.8 Å². The number of hydrogen-bond donors (Lipinski definition) is 2. The van der Waals surface area contributed by atoms with Crippen molar-refractivity contribution < 1.29 is 27.5 Å². The highest BCUT2D eigenvalue weighted by atomic mass is 19.4. The summed E-state index contributed by atoms with van der Waals surface area (Å²) in [6.45, 7) is 8.50. The number of alkyl halides is 3. The fourth-order valence-electron chi connectivity index (χ4n) is 2.13. The number of carbonyl (C=O) groups is 2. The summed E-state index contributed by atoms with van der Waals surface area (Å²) in [6, 6.07) is 3.85. The molecule has 2 N–H and O–H groups in total. The molecule has 1 atom stereocenters. The first-order valence-corrected chi connectivity index (χ1v) is 8.23. The van der Waals surface area contributed by atoms with Crippen molar-refractivity contribution in [1.29, 1.82) is 0 Å². The first-order valence-electron chi connectivity index (χ1n) is 8.23. The molecular formula is C18H25F3N2O3. The van der Waals surface area contributed by atoms with Crippen molar-refractivity contribution in [2.45, 2.75) is 59.0 Å². The minimum absolute atomic E-state index is 0.0814. The zero-order chi connectivity index (χ0) is 20.1. The van der Waals surface area contributed by atoms with Crippen molar-refractivity contribution >= 4 is 12.0 Å². The Morgan fingerprint density at radius 3 is 2.27 bits per heavy atom. The fraction of sp³-hybridized carbons (Fsp3) is 0.556. The van der Waals surface area contributed by atoms with Gasteiger partial charge >= 0.3 is 12.3 Å². The lowest BCUT2D eigenvalue weighted by atomic mass is 10.0. The van der Waals surface area contributed by atoms with Crippen LogP contribution in [0, 0.1) is 5.92 Å². The number of hydrogen-bond acceptors (Lipinski definition) is 3. The van der Waals surface area contributed by atoms with Crippen molar-refractivity contribution in [3.63, 3.8) is 0 Å². The van der Waals surface area contributed by atoms with E-state index in [2.05, 4.69) is 10.6 Å². The summed E-state index contributed by atoms with van der Waals surface area (Å²) < 4.78 is 43.3. The van der Waals surface area contributed by atoms with E-state index in [1.165, 1.54) is 12.1 Å². The molecule has 0 heterocycles. The van der Waals surface area contributed by atoms with E-state index in [-0.39, 0.29) is 12.5 Å². The first-order chi connectivity index (χ1) is 11.8. The van der Waals surface area contributed by atoms with E-state index < -0.39 is 35.4 Å². The molecule has 1 aromatic carbocycles. The van der Waals surface area contributed by atoms with Crippen LogP contribution >= 0.6 is 0 Å². The van der Waals surface area contributed by atoms with Crippen molar-refractivity contribution in [2.24, 2.45) is 5.92 Å². The van der Waals surface area contributed by atoms with Crippen LogP contribution in [0.5, 0.6) is 0 Å². The van der Waals surface area contributed by atoms with Gasteiger partial charge in [0.2, 0.25) is 5.91 Å². The first kappa shape index (κ1) is 21.8. The van der Waals surface area contributed by atoms with Crippen LogP contribution in [0.15, 0.2) is 24.3 Å². The average molecular weight is 374 g/mol. The van der Waals surface area contributed by atoms with E-state index in [0.717, 1.165) is 12.1 Å². The lowest BCUT2D eigenvalue weighted by Crippen LogP contribution is -2.50. The number of halogens is 3. The summed E-state index contributed by atoms with van der Waals surface area (Å²) in [5, 5.41) is 5.04. The summed E-state index contributed by atoms with van der Waals surface area (Å²) in [5.74, 6) is -0.729. The smallest absolute Gasteiger partial charge is 0.416 e. The molecular weight excluding hydrogens is 349 g/mol. The number of alkyl carbamates (subject to hydrolysis) is 1. The summed E-state index contributed by atoms with van der Waals surface area (Å²) in [5.41, 5.74) is -1.18. The van der Waals surface area contributed by atoms with Crippen LogP contribution in [-0.2, 0) is 22.3 Å². The molecule has 8 heteroatoms. The SMILES string of the molecule is CC(C)C(NC(=O)OC(C)(C)C)C(=O)NCc1cccc(C(F)(F)F)c1. The van der Waals surface area contributed by atoms with Gasteiger partial charge in [0.15, 0.2) is 0 Å². The second-order valence-corrected chi connectivity index (χ2v) is 7.28. The predicted octanol–water partition coefficient (Wildman–Crippen LogP) is 3.87. The van der Waals surface area contributed by atoms with Gasteiger partial charge in [-0.2, -0.15) is 13.2 Å². The highest BCUT2D eigenvalue weighted by Gasteiger charge is 2.30. The lowest BCUT2D eigenvalue weighted by Gasteiger charge is -2.25. The van der Waals surface area contributed by atoms with Crippen LogP contribution in [-0.4, -0.2) is 23.6 Å². The van der Waals surface area contributed by atoms with Crippen LogP contribution in [0.4, 0.5) is 18.0 Å². The molecule has 0 aromatic heterocycles. The van der Waals surface area contributed by atoms with Crippen LogP contribution in [0.25, 0.3) is 0 Å². The molecule has 0 saturated heterocycles. The molecule has 0 aliphatic carbocycles. The number of benzene rings is 1. The van der Waals surface area contributed by atoms with Gasteiger partial charge in [0.1, 0.15) is 11.6 Å². The third kappa shape index (κ3) is 7.33. The van der Waals surface area contributed by atoms with Crippen molar-refractivity contribution in [3.8, 4) is 0 Å². The third-order valence-electron chi connectivity index (χ3n) is 3.34. The Bertz CT molecular complexity index is 637. The zero-order valence-electron chi connectivity index (χ0n) is 15.5. The monoisotopic (exact) mass is 374 g/mol. The average Bonchev–Trinajstić information content (AvgIpc) is 2.47. The largest absolute Gasteiger partial charge is 0.444 e.